The molecule has 3 atom stereocenters. The van der Waals surface area contributed by atoms with Crippen LogP contribution in [-0.2, 0) is 4.74 Å². The average Bonchev–Trinajstić information content (AvgIpc) is 2.66. The Balaban J connectivity index is 1.59. The summed E-state index contributed by atoms with van der Waals surface area (Å²) >= 11 is 0. The first kappa shape index (κ1) is 13.5. The summed E-state index contributed by atoms with van der Waals surface area (Å²) in [6, 6.07) is 0. The van der Waals surface area contributed by atoms with E-state index >= 15 is 0 Å². The standard InChI is InChI=1S/C15H27N3O2/c1-14-10-17-2-3-18(11-14)9-13(8-17)15(14,19)12-16-4-6-20-7-5-16/h13,19H,2-12H2,1H3/p+3/t13?,14?,15-/m1/s1. The molecule has 5 heterocycles. The highest BCUT2D eigenvalue weighted by Crippen LogP contribution is 2.38. The molecule has 5 heteroatoms. The second-order valence-electron chi connectivity index (χ2n) is 7.98. The summed E-state index contributed by atoms with van der Waals surface area (Å²) in [4.78, 5) is 5.04. The van der Waals surface area contributed by atoms with Crippen LogP contribution in [0.25, 0.3) is 0 Å². The fourth-order valence-corrected chi connectivity index (χ4v) is 5.53. The molecule has 0 aromatic rings. The van der Waals surface area contributed by atoms with Crippen molar-refractivity contribution in [2.24, 2.45) is 11.3 Å². The molecule has 0 aliphatic carbocycles. The lowest BCUT2D eigenvalue weighted by atomic mass is 9.61. The Labute approximate surface area is 121 Å². The quantitative estimate of drug-likeness (QED) is 0.411. The lowest BCUT2D eigenvalue weighted by Gasteiger charge is -2.55. The summed E-state index contributed by atoms with van der Waals surface area (Å²) in [6.45, 7) is 14.5. The maximum Gasteiger partial charge on any atom is 0.143 e. The molecule has 0 spiro atoms. The zero-order valence-corrected chi connectivity index (χ0v) is 12.7. The van der Waals surface area contributed by atoms with Gasteiger partial charge in [-0.3, -0.25) is 0 Å². The molecule has 20 heavy (non-hydrogen) atoms. The van der Waals surface area contributed by atoms with Crippen LogP contribution in [0, 0.1) is 11.3 Å². The van der Waals surface area contributed by atoms with Crippen molar-refractivity contribution < 1.29 is 24.5 Å². The van der Waals surface area contributed by atoms with Gasteiger partial charge in [0.15, 0.2) is 0 Å². The Bertz CT molecular complexity index is 369. The lowest BCUT2D eigenvalue weighted by molar-refractivity contribution is -0.941. The van der Waals surface area contributed by atoms with Crippen LogP contribution in [0.5, 0.6) is 0 Å². The molecule has 2 unspecified atom stereocenters. The molecule has 5 aliphatic rings. The van der Waals surface area contributed by atoms with E-state index in [1.165, 1.54) is 39.3 Å². The second-order valence-corrected chi connectivity index (χ2v) is 7.98. The molecule has 114 valence electrons. The van der Waals surface area contributed by atoms with Gasteiger partial charge < -0.3 is 24.5 Å². The van der Waals surface area contributed by atoms with Crippen LogP contribution in [0.3, 0.4) is 0 Å². The van der Waals surface area contributed by atoms with Gasteiger partial charge in [-0.05, 0) is 6.92 Å². The number of morpholine rings is 1. The van der Waals surface area contributed by atoms with E-state index in [0.29, 0.717) is 5.92 Å². The van der Waals surface area contributed by atoms with Gasteiger partial charge in [0.2, 0.25) is 0 Å². The van der Waals surface area contributed by atoms with Gasteiger partial charge in [-0.25, -0.2) is 0 Å². The monoisotopic (exact) mass is 284 g/mol. The summed E-state index contributed by atoms with van der Waals surface area (Å²) in [5, 5.41) is 11.6. The van der Waals surface area contributed by atoms with Gasteiger partial charge in [0.05, 0.1) is 45.3 Å². The normalized spacial score (nSPS) is 52.2. The molecule has 5 fully saturated rings. The molecular formula is C15H30N3O2+3. The van der Waals surface area contributed by atoms with E-state index in [4.69, 9.17) is 4.74 Å². The molecule has 0 amide bonds. The third-order valence-corrected chi connectivity index (χ3v) is 6.62. The van der Waals surface area contributed by atoms with Crippen molar-refractivity contribution in [2.45, 2.75) is 12.5 Å². The minimum absolute atomic E-state index is 0.112. The van der Waals surface area contributed by atoms with Gasteiger partial charge in [0, 0.05) is 0 Å². The Hall–Kier alpha value is -0.200. The van der Waals surface area contributed by atoms with Crippen LogP contribution in [0.2, 0.25) is 0 Å². The van der Waals surface area contributed by atoms with E-state index in [9.17, 15) is 5.11 Å². The number of hydrogen-bond acceptors (Lipinski definition) is 2. The van der Waals surface area contributed by atoms with E-state index in [2.05, 4.69) is 6.92 Å². The van der Waals surface area contributed by atoms with E-state index < -0.39 is 5.60 Å². The number of aliphatic hydroxyl groups is 1. The number of fused-ring (bicyclic) bond motifs is 1. The predicted octanol–water partition coefficient (Wildman–Crippen LogP) is -4.93. The van der Waals surface area contributed by atoms with Crippen molar-refractivity contribution in [3.63, 3.8) is 0 Å². The molecule has 5 rings (SSSR count). The first-order valence-electron chi connectivity index (χ1n) is 8.40. The summed E-state index contributed by atoms with van der Waals surface area (Å²) in [5.41, 5.74) is -0.336. The first-order valence-corrected chi connectivity index (χ1v) is 8.40. The molecule has 0 aromatic carbocycles. The highest BCUT2D eigenvalue weighted by molar-refractivity contribution is 5.04. The van der Waals surface area contributed by atoms with Crippen LogP contribution >= 0.6 is 0 Å². The summed E-state index contributed by atoms with van der Waals surface area (Å²) < 4.78 is 5.47. The molecule has 5 aliphatic heterocycles. The maximum absolute atomic E-state index is 11.6. The van der Waals surface area contributed by atoms with Crippen LogP contribution in [0.4, 0.5) is 0 Å². The number of nitrogens with one attached hydrogen (secondary N) is 3. The third kappa shape index (κ3) is 1.95. The Kier molecular flexibility index (Phi) is 3.13. The number of ether oxygens (including phenoxy) is 1. The van der Waals surface area contributed by atoms with Gasteiger partial charge >= 0.3 is 0 Å². The molecule has 5 saturated heterocycles. The zero-order chi connectivity index (χ0) is 13.8. The van der Waals surface area contributed by atoms with E-state index in [1.54, 1.807) is 14.7 Å². The fraction of sp³-hybridized carbons (Fsp3) is 1.00. The molecule has 0 aromatic heterocycles. The van der Waals surface area contributed by atoms with Crippen molar-refractivity contribution in [3.05, 3.63) is 0 Å². The number of piperidine rings is 2. The highest BCUT2D eigenvalue weighted by atomic mass is 16.5. The van der Waals surface area contributed by atoms with Crippen molar-refractivity contribution in [2.75, 3.05) is 72.1 Å². The lowest BCUT2D eigenvalue weighted by Crippen LogP contribution is -3.22. The molecular weight excluding hydrogens is 254 g/mol. The van der Waals surface area contributed by atoms with E-state index in [-0.39, 0.29) is 5.41 Å². The van der Waals surface area contributed by atoms with Crippen molar-refractivity contribution in [3.8, 4) is 0 Å². The minimum Gasteiger partial charge on any atom is -0.382 e. The summed E-state index contributed by atoms with van der Waals surface area (Å²) in [7, 11) is 0. The molecule has 5 nitrogen and oxygen atoms in total. The molecule has 0 radical (unpaired) electrons. The predicted molar refractivity (Wildman–Crippen MR) is 74.1 cm³/mol. The Morgan fingerprint density at radius 1 is 1.05 bits per heavy atom. The molecule has 4 N–H and O–H groups in total. The molecule has 4 bridgehead atoms. The number of quaternary nitrogens is 3. The van der Waals surface area contributed by atoms with Gasteiger partial charge in [-0.15, -0.1) is 0 Å². The van der Waals surface area contributed by atoms with Gasteiger partial charge in [0.1, 0.15) is 43.7 Å². The van der Waals surface area contributed by atoms with E-state index in [1.807, 2.05) is 0 Å². The van der Waals surface area contributed by atoms with Crippen molar-refractivity contribution in [1.82, 2.24) is 0 Å². The fourth-order valence-electron chi connectivity index (χ4n) is 5.53. The van der Waals surface area contributed by atoms with Crippen molar-refractivity contribution in [1.29, 1.82) is 0 Å². The summed E-state index contributed by atoms with van der Waals surface area (Å²) in [6.07, 6.45) is 0. The topological polar surface area (TPSA) is 42.8 Å². The first-order chi connectivity index (χ1) is 9.59. The van der Waals surface area contributed by atoms with Gasteiger partial charge in [-0.1, -0.05) is 0 Å². The second kappa shape index (κ2) is 4.65. The largest absolute Gasteiger partial charge is 0.382 e. The zero-order valence-electron chi connectivity index (χ0n) is 12.7. The molecule has 0 saturated carbocycles. The van der Waals surface area contributed by atoms with Crippen LogP contribution in [-0.4, -0.2) is 82.8 Å². The van der Waals surface area contributed by atoms with Crippen LogP contribution < -0.4 is 14.7 Å². The SMILES string of the molecule is CC12C[NH+]3CC[NH+](CC(C3)[C@]1(O)C[NH+]1CCOCC1)C2. The van der Waals surface area contributed by atoms with E-state index in [0.717, 1.165) is 32.8 Å². The van der Waals surface area contributed by atoms with Crippen molar-refractivity contribution >= 4 is 0 Å². The van der Waals surface area contributed by atoms with Crippen LogP contribution in [0.1, 0.15) is 6.92 Å². The highest BCUT2D eigenvalue weighted by Gasteiger charge is 2.67. The van der Waals surface area contributed by atoms with Gasteiger partial charge in [-0.2, -0.15) is 0 Å². The minimum atomic E-state index is -0.447. The number of hydrogen-bond donors (Lipinski definition) is 4. The van der Waals surface area contributed by atoms with Gasteiger partial charge in [0.25, 0.3) is 0 Å². The Morgan fingerprint density at radius 2 is 1.65 bits per heavy atom. The smallest absolute Gasteiger partial charge is 0.143 e. The summed E-state index contributed by atoms with van der Waals surface area (Å²) in [5.74, 6) is 0.498. The Morgan fingerprint density at radius 3 is 2.20 bits per heavy atom. The van der Waals surface area contributed by atoms with Crippen LogP contribution in [0.15, 0.2) is 0 Å². The average molecular weight is 284 g/mol. The third-order valence-electron chi connectivity index (χ3n) is 6.62. The number of rotatable bonds is 2. The maximum atomic E-state index is 11.6.